The fourth-order valence-electron chi connectivity index (χ4n) is 3.98. The van der Waals surface area contributed by atoms with Crippen LogP contribution in [-0.2, 0) is 27.4 Å². The van der Waals surface area contributed by atoms with E-state index in [4.69, 9.17) is 19.2 Å². The van der Waals surface area contributed by atoms with Gasteiger partial charge in [0.25, 0.3) is 0 Å². The third-order valence-corrected chi connectivity index (χ3v) is 5.73. The molecule has 5 rings (SSSR count). The summed E-state index contributed by atoms with van der Waals surface area (Å²) in [4.78, 5) is 13.1. The Morgan fingerprint density at radius 2 is 1.97 bits per heavy atom. The van der Waals surface area contributed by atoms with E-state index >= 15 is 0 Å². The molecule has 0 atom stereocenters. The van der Waals surface area contributed by atoms with E-state index in [0.717, 1.165) is 17.3 Å². The fraction of sp³-hybridized carbons (Fsp3) is 0.333. The maximum atomic E-state index is 13.5. The van der Waals surface area contributed by atoms with E-state index in [1.54, 1.807) is 33.9 Å². The Kier molecular flexibility index (Phi) is 7.26. The van der Waals surface area contributed by atoms with Gasteiger partial charge in [-0.05, 0) is 12.1 Å². The lowest BCUT2D eigenvalue weighted by Gasteiger charge is -2.17. The average Bonchev–Trinajstić information content (AvgIpc) is 3.66. The molecule has 0 aromatic carbocycles. The largest absolute Gasteiger partial charge is 0.419 e. The number of aryl methyl sites for hydroxylation is 1. The van der Waals surface area contributed by atoms with Crippen molar-refractivity contribution in [2.45, 2.75) is 12.5 Å². The Bertz CT molecular complexity index is 1400. The lowest BCUT2D eigenvalue weighted by molar-refractivity contribution is -0.137. The van der Waals surface area contributed by atoms with Crippen LogP contribution >= 0.6 is 0 Å². The van der Waals surface area contributed by atoms with Gasteiger partial charge in [0.2, 0.25) is 12.2 Å². The fourth-order valence-corrected chi connectivity index (χ4v) is 3.98. The van der Waals surface area contributed by atoms with Crippen molar-refractivity contribution in [2.75, 3.05) is 44.1 Å². The van der Waals surface area contributed by atoms with E-state index in [9.17, 15) is 13.2 Å². The summed E-state index contributed by atoms with van der Waals surface area (Å²) in [5, 5.41) is 9.97. The Morgan fingerprint density at radius 1 is 1.16 bits per heavy atom. The molecule has 2 N–H and O–H groups in total. The molecule has 0 unspecified atom stereocenters. The first-order valence-corrected chi connectivity index (χ1v) is 11.7. The second-order valence-electron chi connectivity index (χ2n) is 8.36. The minimum Gasteiger partial charge on any atom is -0.383 e. The predicted octanol–water partition coefficient (Wildman–Crippen LogP) is 3.93. The summed E-state index contributed by atoms with van der Waals surface area (Å²) in [6.07, 6.45) is 2.38. The van der Waals surface area contributed by atoms with Crippen molar-refractivity contribution < 1.29 is 27.4 Å². The van der Waals surface area contributed by atoms with Crippen LogP contribution in [0.1, 0.15) is 17.5 Å². The molecule has 200 valence electrons. The molecule has 38 heavy (non-hydrogen) atoms. The van der Waals surface area contributed by atoms with E-state index in [-0.39, 0.29) is 24.7 Å². The van der Waals surface area contributed by atoms with Gasteiger partial charge in [0.15, 0.2) is 0 Å². The topological polar surface area (TPSA) is 113 Å². The normalized spacial score (nSPS) is 14.2. The van der Waals surface area contributed by atoms with Crippen LogP contribution in [0.2, 0.25) is 0 Å². The number of alkyl halides is 3. The zero-order valence-corrected chi connectivity index (χ0v) is 20.6. The molecule has 0 saturated carbocycles. The first-order valence-electron chi connectivity index (χ1n) is 11.7. The molecule has 0 aliphatic carbocycles. The zero-order chi connectivity index (χ0) is 26.7. The van der Waals surface area contributed by atoms with E-state index in [1.807, 2.05) is 19.3 Å². The molecule has 0 radical (unpaired) electrons. The van der Waals surface area contributed by atoms with Crippen molar-refractivity contribution in [3.05, 3.63) is 60.4 Å². The summed E-state index contributed by atoms with van der Waals surface area (Å²) in [6.45, 7) is 1.33. The van der Waals surface area contributed by atoms with Gasteiger partial charge in [0, 0.05) is 62.7 Å². The number of methoxy groups -OCH3 is 1. The highest BCUT2D eigenvalue weighted by Gasteiger charge is 2.34. The van der Waals surface area contributed by atoms with Crippen LogP contribution in [0.5, 0.6) is 0 Å². The highest BCUT2D eigenvalue weighted by Crippen LogP contribution is 2.36. The van der Waals surface area contributed by atoms with Crippen LogP contribution in [0.15, 0.2) is 49.2 Å². The maximum absolute atomic E-state index is 13.5. The molecule has 0 spiro atoms. The van der Waals surface area contributed by atoms with Gasteiger partial charge in [0.05, 0.1) is 37.3 Å². The first-order chi connectivity index (χ1) is 18.3. The monoisotopic (exact) mass is 530 g/mol. The van der Waals surface area contributed by atoms with Gasteiger partial charge in [0.1, 0.15) is 17.3 Å². The Labute approximate surface area is 215 Å². The van der Waals surface area contributed by atoms with Crippen molar-refractivity contribution in [1.29, 1.82) is 0 Å². The van der Waals surface area contributed by atoms with Gasteiger partial charge in [-0.3, -0.25) is 9.25 Å². The zero-order valence-electron chi connectivity index (χ0n) is 20.6. The Balaban J connectivity index is 1.47. The number of anilines is 3. The van der Waals surface area contributed by atoms with Gasteiger partial charge >= 0.3 is 6.18 Å². The predicted molar refractivity (Wildman–Crippen MR) is 131 cm³/mol. The van der Waals surface area contributed by atoms with Crippen LogP contribution in [0.4, 0.5) is 30.6 Å². The molecule has 4 aromatic heterocycles. The number of nitrogens with zero attached hydrogens (tertiary/aromatic N) is 6. The average molecular weight is 531 g/mol. The lowest BCUT2D eigenvalue weighted by Crippen LogP contribution is -2.15. The molecule has 1 aliphatic rings. The van der Waals surface area contributed by atoms with Gasteiger partial charge < -0.3 is 24.8 Å². The summed E-state index contributed by atoms with van der Waals surface area (Å²) in [5.74, 6) is 0.970. The third-order valence-electron chi connectivity index (χ3n) is 5.73. The van der Waals surface area contributed by atoms with Crippen molar-refractivity contribution in [3.63, 3.8) is 0 Å². The second-order valence-corrected chi connectivity index (χ2v) is 8.36. The van der Waals surface area contributed by atoms with Gasteiger partial charge in [-0.2, -0.15) is 18.3 Å². The molecule has 1 saturated heterocycles. The molecular weight excluding hydrogens is 505 g/mol. The van der Waals surface area contributed by atoms with Crippen molar-refractivity contribution in [3.8, 4) is 16.9 Å². The number of aromatic nitrogens is 6. The molecule has 4 aromatic rings. The smallest absolute Gasteiger partial charge is 0.383 e. The number of halogens is 3. The summed E-state index contributed by atoms with van der Waals surface area (Å²) in [6, 6.07) is 4.96. The highest BCUT2D eigenvalue weighted by atomic mass is 19.4. The van der Waals surface area contributed by atoms with Crippen molar-refractivity contribution in [2.24, 2.45) is 7.05 Å². The summed E-state index contributed by atoms with van der Waals surface area (Å²) in [5.41, 5.74) is 1.23. The van der Waals surface area contributed by atoms with Crippen LogP contribution < -0.4 is 10.6 Å². The van der Waals surface area contributed by atoms with E-state index < -0.39 is 18.0 Å². The number of ether oxygens (including phenoxy) is 3. The Hall–Kier alpha value is -4.01. The number of imidazole rings is 1. The molecular formula is C24H25F3N8O3. The van der Waals surface area contributed by atoms with Crippen LogP contribution in [0.25, 0.3) is 16.9 Å². The summed E-state index contributed by atoms with van der Waals surface area (Å²) >= 11 is 0. The first kappa shape index (κ1) is 25.6. The SMILES string of the molecule is COCCNc1cc(Nc2nccn2-c2ccc(-c3cnn(C)c3)c(C3OCCO3)n2)ncc1C(F)(F)F. The quantitative estimate of drug-likeness (QED) is 0.311. The molecule has 0 bridgehead atoms. The lowest BCUT2D eigenvalue weighted by atomic mass is 10.1. The summed E-state index contributed by atoms with van der Waals surface area (Å²) in [7, 11) is 3.30. The van der Waals surface area contributed by atoms with Crippen LogP contribution in [0, 0.1) is 0 Å². The second kappa shape index (κ2) is 10.8. The van der Waals surface area contributed by atoms with E-state index in [0.29, 0.717) is 30.7 Å². The maximum Gasteiger partial charge on any atom is 0.419 e. The van der Waals surface area contributed by atoms with E-state index in [2.05, 4.69) is 25.7 Å². The highest BCUT2D eigenvalue weighted by molar-refractivity contribution is 5.66. The number of pyridine rings is 2. The Morgan fingerprint density at radius 3 is 2.68 bits per heavy atom. The standard InChI is InChI=1S/C24H25F3N8O3/c1-34-14-15(12-31-34)16-3-4-20(33-21(16)22-37-9-10-38-22)35-7-5-29-23(35)32-19-11-18(28-6-8-36-2)17(13-30-19)24(25,26)27/h3-5,7,11-14,22H,6,8-10H2,1-2H3,(H2,28,29,30,32). The van der Waals surface area contributed by atoms with Crippen LogP contribution in [0.3, 0.4) is 0 Å². The summed E-state index contributed by atoms with van der Waals surface area (Å²) < 4.78 is 60.2. The number of hydrogen-bond donors (Lipinski definition) is 2. The number of hydrogen-bond acceptors (Lipinski definition) is 9. The minimum atomic E-state index is -4.57. The van der Waals surface area contributed by atoms with Gasteiger partial charge in [-0.25, -0.2) is 15.0 Å². The van der Waals surface area contributed by atoms with Crippen molar-refractivity contribution >= 4 is 17.5 Å². The molecule has 14 heteroatoms. The van der Waals surface area contributed by atoms with Gasteiger partial charge in [-0.1, -0.05) is 0 Å². The van der Waals surface area contributed by atoms with Gasteiger partial charge in [-0.15, -0.1) is 0 Å². The minimum absolute atomic E-state index is 0.123. The number of rotatable bonds is 9. The number of nitrogens with one attached hydrogen (secondary N) is 2. The third kappa shape index (κ3) is 5.46. The molecule has 1 fully saturated rings. The van der Waals surface area contributed by atoms with E-state index in [1.165, 1.54) is 13.2 Å². The van der Waals surface area contributed by atoms with Crippen LogP contribution in [-0.4, -0.2) is 62.8 Å². The molecule has 0 amide bonds. The molecule has 5 heterocycles. The molecule has 11 nitrogen and oxygen atoms in total. The van der Waals surface area contributed by atoms with Crippen molar-refractivity contribution in [1.82, 2.24) is 29.3 Å². The molecule has 1 aliphatic heterocycles.